The van der Waals surface area contributed by atoms with Gasteiger partial charge in [0, 0.05) is 0 Å². The summed E-state index contributed by atoms with van der Waals surface area (Å²) in [6, 6.07) is 10.5. The molecule has 0 fully saturated rings. The van der Waals surface area contributed by atoms with Gasteiger partial charge in [-0.25, -0.2) is 8.42 Å². The van der Waals surface area contributed by atoms with Crippen LogP contribution in [0.1, 0.15) is 54.1 Å². The van der Waals surface area contributed by atoms with Crippen molar-refractivity contribution >= 4 is 21.6 Å². The summed E-state index contributed by atoms with van der Waals surface area (Å²) in [5, 5.41) is 3.03. The van der Waals surface area contributed by atoms with Gasteiger partial charge in [-0.15, -0.1) is 0 Å². The van der Waals surface area contributed by atoms with Gasteiger partial charge in [0.05, 0.1) is 18.0 Å². The van der Waals surface area contributed by atoms with Crippen LogP contribution in [0.15, 0.2) is 36.4 Å². The summed E-state index contributed by atoms with van der Waals surface area (Å²) < 4.78 is 26.3. The normalized spacial score (nSPS) is 13.6. The van der Waals surface area contributed by atoms with E-state index in [0.29, 0.717) is 12.1 Å². The van der Waals surface area contributed by atoms with Crippen LogP contribution in [0.5, 0.6) is 0 Å². The third kappa shape index (κ3) is 5.38. The lowest BCUT2D eigenvalue weighted by atomic mass is 9.99. The number of benzene rings is 2. The highest BCUT2D eigenvalue weighted by Crippen LogP contribution is 2.25. The van der Waals surface area contributed by atoms with E-state index in [1.807, 2.05) is 52.8 Å². The van der Waals surface area contributed by atoms with Crippen LogP contribution in [0, 0.1) is 27.7 Å². The molecule has 2 atom stereocenters. The molecule has 2 aromatic rings. The first-order chi connectivity index (χ1) is 13.5. The first kappa shape index (κ1) is 22.9. The van der Waals surface area contributed by atoms with Crippen molar-refractivity contribution in [3.05, 3.63) is 64.2 Å². The Kier molecular flexibility index (Phi) is 7.11. The Morgan fingerprint density at radius 2 is 1.52 bits per heavy atom. The number of hydrogen-bond donors (Lipinski definition) is 1. The first-order valence-electron chi connectivity index (χ1n) is 9.89. The topological polar surface area (TPSA) is 66.5 Å². The highest BCUT2D eigenvalue weighted by molar-refractivity contribution is 7.92. The van der Waals surface area contributed by atoms with Gasteiger partial charge >= 0.3 is 0 Å². The maximum absolute atomic E-state index is 13.0. The number of amides is 1. The zero-order chi connectivity index (χ0) is 21.9. The maximum atomic E-state index is 13.0. The number of carbonyl (C=O) groups excluding carboxylic acids is 1. The number of sulfonamides is 1. The summed E-state index contributed by atoms with van der Waals surface area (Å²) in [5.41, 5.74) is 5.92. The molecular weight excluding hydrogens is 384 g/mol. The van der Waals surface area contributed by atoms with Crippen LogP contribution in [-0.2, 0) is 14.8 Å². The lowest BCUT2D eigenvalue weighted by molar-refractivity contribution is -0.122. The van der Waals surface area contributed by atoms with Gasteiger partial charge in [0.25, 0.3) is 0 Å². The SMILES string of the molecule is CC[C@@H](NC(=O)[C@H](C)N(c1ccc(C)c(C)c1)S(C)(=O)=O)c1ccc(C)c(C)c1. The molecule has 2 rings (SSSR count). The van der Waals surface area contributed by atoms with Crippen LogP contribution in [-0.4, -0.2) is 26.6 Å². The molecule has 0 aliphatic heterocycles. The minimum atomic E-state index is -3.64. The molecule has 0 bridgehead atoms. The van der Waals surface area contributed by atoms with Gasteiger partial charge in [-0.05, 0) is 81.0 Å². The van der Waals surface area contributed by atoms with Gasteiger partial charge in [-0.1, -0.05) is 31.2 Å². The Morgan fingerprint density at radius 1 is 0.966 bits per heavy atom. The van der Waals surface area contributed by atoms with Crippen molar-refractivity contribution in [1.82, 2.24) is 5.32 Å². The standard InChI is InChI=1S/C23H32N2O3S/c1-8-22(20-11-9-15(2)17(4)13-20)24-23(26)19(6)25(29(7,27)28)21-12-10-16(3)18(5)14-21/h9-14,19,22H,8H2,1-7H3,(H,24,26)/t19-,22+/m0/s1. The van der Waals surface area contributed by atoms with Crippen molar-refractivity contribution in [3.63, 3.8) is 0 Å². The molecule has 0 unspecified atom stereocenters. The van der Waals surface area contributed by atoms with E-state index in [4.69, 9.17) is 0 Å². The summed E-state index contributed by atoms with van der Waals surface area (Å²) in [4.78, 5) is 13.0. The monoisotopic (exact) mass is 416 g/mol. The number of nitrogens with zero attached hydrogens (tertiary/aromatic N) is 1. The molecule has 1 N–H and O–H groups in total. The molecule has 0 aromatic heterocycles. The van der Waals surface area contributed by atoms with E-state index in [0.717, 1.165) is 28.5 Å². The minimum Gasteiger partial charge on any atom is -0.347 e. The molecule has 0 saturated carbocycles. The summed E-state index contributed by atoms with van der Waals surface area (Å²) in [6.45, 7) is 11.6. The molecule has 5 nitrogen and oxygen atoms in total. The van der Waals surface area contributed by atoms with Gasteiger partial charge in [-0.3, -0.25) is 9.10 Å². The average Bonchev–Trinajstić information content (AvgIpc) is 2.63. The third-order valence-corrected chi connectivity index (χ3v) is 6.73. The molecule has 0 heterocycles. The van der Waals surface area contributed by atoms with Crippen molar-refractivity contribution in [1.29, 1.82) is 0 Å². The zero-order valence-electron chi connectivity index (χ0n) is 18.4. The fourth-order valence-corrected chi connectivity index (χ4v) is 4.53. The summed E-state index contributed by atoms with van der Waals surface area (Å²) >= 11 is 0. The highest BCUT2D eigenvalue weighted by Gasteiger charge is 2.30. The Hall–Kier alpha value is -2.34. The second-order valence-electron chi connectivity index (χ2n) is 7.82. The molecule has 0 radical (unpaired) electrons. The van der Waals surface area contributed by atoms with E-state index in [-0.39, 0.29) is 11.9 Å². The van der Waals surface area contributed by atoms with Crippen molar-refractivity contribution in [2.45, 2.75) is 60.0 Å². The Labute approximate surface area is 175 Å². The molecule has 29 heavy (non-hydrogen) atoms. The van der Waals surface area contributed by atoms with Crippen LogP contribution in [0.4, 0.5) is 5.69 Å². The maximum Gasteiger partial charge on any atom is 0.244 e. The zero-order valence-corrected chi connectivity index (χ0v) is 19.2. The van der Waals surface area contributed by atoms with E-state index < -0.39 is 16.1 Å². The predicted octanol–water partition coefficient (Wildman–Crippen LogP) is 4.34. The quantitative estimate of drug-likeness (QED) is 0.730. The number of carbonyl (C=O) groups is 1. The van der Waals surface area contributed by atoms with Gasteiger partial charge in [0.1, 0.15) is 6.04 Å². The van der Waals surface area contributed by atoms with Crippen LogP contribution in [0.25, 0.3) is 0 Å². The largest absolute Gasteiger partial charge is 0.347 e. The molecular formula is C23H32N2O3S. The Morgan fingerprint density at radius 3 is 2.00 bits per heavy atom. The third-order valence-electron chi connectivity index (χ3n) is 5.49. The van der Waals surface area contributed by atoms with Gasteiger partial charge < -0.3 is 5.32 Å². The summed E-state index contributed by atoms with van der Waals surface area (Å²) in [7, 11) is -3.64. The lowest BCUT2D eigenvalue weighted by Gasteiger charge is -2.30. The Bertz CT molecular complexity index is 999. The van der Waals surface area contributed by atoms with Crippen molar-refractivity contribution in [2.24, 2.45) is 0 Å². The predicted molar refractivity (Wildman–Crippen MR) is 120 cm³/mol. The smallest absolute Gasteiger partial charge is 0.244 e. The van der Waals surface area contributed by atoms with E-state index in [2.05, 4.69) is 11.4 Å². The number of anilines is 1. The van der Waals surface area contributed by atoms with E-state index in [9.17, 15) is 13.2 Å². The van der Waals surface area contributed by atoms with Crippen LogP contribution >= 0.6 is 0 Å². The highest BCUT2D eigenvalue weighted by atomic mass is 32.2. The number of nitrogens with one attached hydrogen (secondary N) is 1. The van der Waals surface area contributed by atoms with E-state index >= 15 is 0 Å². The number of hydrogen-bond acceptors (Lipinski definition) is 3. The average molecular weight is 417 g/mol. The van der Waals surface area contributed by atoms with Crippen molar-refractivity contribution in [3.8, 4) is 0 Å². The second kappa shape index (κ2) is 8.99. The molecule has 2 aromatic carbocycles. The number of rotatable bonds is 7. The van der Waals surface area contributed by atoms with Crippen LogP contribution in [0.3, 0.4) is 0 Å². The Balaban J connectivity index is 2.32. The van der Waals surface area contributed by atoms with Gasteiger partial charge in [-0.2, -0.15) is 0 Å². The molecule has 6 heteroatoms. The van der Waals surface area contributed by atoms with Crippen molar-refractivity contribution < 1.29 is 13.2 Å². The fraction of sp³-hybridized carbons (Fsp3) is 0.435. The van der Waals surface area contributed by atoms with E-state index in [1.165, 1.54) is 9.87 Å². The van der Waals surface area contributed by atoms with Gasteiger partial charge in [0.2, 0.25) is 15.9 Å². The van der Waals surface area contributed by atoms with Gasteiger partial charge in [0.15, 0.2) is 0 Å². The molecule has 0 aliphatic carbocycles. The van der Waals surface area contributed by atoms with E-state index in [1.54, 1.807) is 19.1 Å². The molecule has 0 saturated heterocycles. The molecule has 0 aliphatic rings. The van der Waals surface area contributed by atoms with Crippen LogP contribution in [0.2, 0.25) is 0 Å². The molecule has 0 spiro atoms. The molecule has 158 valence electrons. The lowest BCUT2D eigenvalue weighted by Crippen LogP contribution is -2.48. The summed E-state index contributed by atoms with van der Waals surface area (Å²) in [6.07, 6.45) is 1.84. The number of aryl methyl sites for hydroxylation is 4. The van der Waals surface area contributed by atoms with Crippen LogP contribution < -0.4 is 9.62 Å². The summed E-state index contributed by atoms with van der Waals surface area (Å²) in [5.74, 6) is -0.321. The molecule has 1 amide bonds. The second-order valence-corrected chi connectivity index (χ2v) is 9.68. The first-order valence-corrected chi connectivity index (χ1v) is 11.7. The van der Waals surface area contributed by atoms with Crippen molar-refractivity contribution in [2.75, 3.05) is 10.6 Å². The fourth-order valence-electron chi connectivity index (χ4n) is 3.37. The minimum absolute atomic E-state index is 0.176.